The van der Waals surface area contributed by atoms with Crippen LogP contribution in [0.2, 0.25) is 5.15 Å². The summed E-state index contributed by atoms with van der Waals surface area (Å²) >= 11 is 5.80. The molecule has 0 atom stereocenters. The van der Waals surface area contributed by atoms with Gasteiger partial charge in [-0.2, -0.15) is 0 Å². The van der Waals surface area contributed by atoms with Crippen molar-refractivity contribution in [2.24, 2.45) is 0 Å². The first-order valence-corrected chi connectivity index (χ1v) is 5.15. The molecular formula is C11H11ClN4. The lowest BCUT2D eigenvalue weighted by Gasteiger charge is -2.10. The van der Waals surface area contributed by atoms with Gasteiger partial charge in [0.1, 0.15) is 12.0 Å². The molecule has 0 amide bonds. The van der Waals surface area contributed by atoms with Crippen LogP contribution in [0.15, 0.2) is 30.6 Å². The third-order valence-corrected chi connectivity index (χ3v) is 2.53. The summed E-state index contributed by atoms with van der Waals surface area (Å²) in [6.07, 6.45) is 1.37. The van der Waals surface area contributed by atoms with Crippen molar-refractivity contribution in [1.29, 1.82) is 0 Å². The van der Waals surface area contributed by atoms with Crippen LogP contribution in [0.25, 0.3) is 0 Å². The normalized spacial score (nSPS) is 10.1. The fourth-order valence-corrected chi connectivity index (χ4v) is 1.45. The number of nitrogens with zero attached hydrogens (tertiary/aromatic N) is 2. The van der Waals surface area contributed by atoms with E-state index < -0.39 is 0 Å². The van der Waals surface area contributed by atoms with Gasteiger partial charge in [-0.3, -0.25) is 0 Å². The maximum Gasteiger partial charge on any atom is 0.158 e. The molecule has 3 N–H and O–H groups in total. The molecule has 2 rings (SSSR count). The standard InChI is InChI=1S/C11H11ClN4/c1-7-4-2-3-5-8(7)16-11-9(13)10(12)14-6-15-11/h2-6H,13H2,1H3,(H,14,15,16). The Hall–Kier alpha value is -1.81. The van der Waals surface area contributed by atoms with Crippen molar-refractivity contribution in [3.05, 3.63) is 41.3 Å². The van der Waals surface area contributed by atoms with Crippen molar-refractivity contribution in [3.8, 4) is 0 Å². The molecular weight excluding hydrogens is 224 g/mol. The number of nitrogens with two attached hydrogens (primary N) is 1. The molecule has 4 nitrogen and oxygen atoms in total. The van der Waals surface area contributed by atoms with E-state index in [4.69, 9.17) is 17.3 Å². The number of nitrogen functional groups attached to an aromatic ring is 1. The van der Waals surface area contributed by atoms with Crippen LogP contribution in [0.3, 0.4) is 0 Å². The van der Waals surface area contributed by atoms with Crippen molar-refractivity contribution in [2.75, 3.05) is 11.1 Å². The van der Waals surface area contributed by atoms with E-state index in [-0.39, 0.29) is 5.15 Å². The van der Waals surface area contributed by atoms with E-state index >= 15 is 0 Å². The van der Waals surface area contributed by atoms with Crippen molar-refractivity contribution in [1.82, 2.24) is 9.97 Å². The molecule has 0 saturated carbocycles. The smallest absolute Gasteiger partial charge is 0.158 e. The van der Waals surface area contributed by atoms with Crippen molar-refractivity contribution >= 4 is 28.8 Å². The molecule has 0 aliphatic rings. The molecule has 1 aromatic carbocycles. The van der Waals surface area contributed by atoms with Gasteiger partial charge in [-0.05, 0) is 18.6 Å². The van der Waals surface area contributed by atoms with Gasteiger partial charge >= 0.3 is 0 Å². The second kappa shape index (κ2) is 4.37. The van der Waals surface area contributed by atoms with Crippen LogP contribution in [0.4, 0.5) is 17.2 Å². The second-order valence-electron chi connectivity index (χ2n) is 3.37. The SMILES string of the molecule is Cc1ccccc1Nc1ncnc(Cl)c1N. The third-order valence-electron chi connectivity index (χ3n) is 2.23. The van der Waals surface area contributed by atoms with Crippen LogP contribution < -0.4 is 11.1 Å². The zero-order chi connectivity index (χ0) is 11.5. The lowest BCUT2D eigenvalue weighted by Crippen LogP contribution is -2.01. The van der Waals surface area contributed by atoms with Crippen molar-refractivity contribution in [2.45, 2.75) is 6.92 Å². The summed E-state index contributed by atoms with van der Waals surface area (Å²) in [5.41, 5.74) is 8.17. The highest BCUT2D eigenvalue weighted by atomic mass is 35.5. The maximum absolute atomic E-state index is 5.80. The molecule has 1 aromatic heterocycles. The summed E-state index contributed by atoms with van der Waals surface area (Å²) in [5.74, 6) is 0.523. The molecule has 0 unspecified atom stereocenters. The predicted octanol–water partition coefficient (Wildman–Crippen LogP) is 2.76. The molecule has 0 fully saturated rings. The second-order valence-corrected chi connectivity index (χ2v) is 3.72. The van der Waals surface area contributed by atoms with Crippen LogP contribution in [0, 0.1) is 6.92 Å². The number of aryl methyl sites for hydroxylation is 1. The Morgan fingerprint density at radius 1 is 1.25 bits per heavy atom. The average Bonchev–Trinajstić information content (AvgIpc) is 2.28. The van der Waals surface area contributed by atoms with Crippen LogP contribution in [-0.4, -0.2) is 9.97 Å². The molecule has 0 aliphatic carbocycles. The van der Waals surface area contributed by atoms with Gasteiger partial charge in [0.2, 0.25) is 0 Å². The molecule has 2 aromatic rings. The summed E-state index contributed by atoms with van der Waals surface area (Å²) in [4.78, 5) is 7.84. The minimum atomic E-state index is 0.256. The fourth-order valence-electron chi connectivity index (χ4n) is 1.31. The molecule has 1 heterocycles. The van der Waals surface area contributed by atoms with E-state index in [2.05, 4.69) is 15.3 Å². The van der Waals surface area contributed by atoms with E-state index in [1.807, 2.05) is 31.2 Å². The molecule has 5 heteroatoms. The predicted molar refractivity (Wildman–Crippen MR) is 65.9 cm³/mol. The summed E-state index contributed by atoms with van der Waals surface area (Å²) in [6.45, 7) is 2.00. The van der Waals surface area contributed by atoms with Crippen LogP contribution in [0.1, 0.15) is 5.56 Å². The Kier molecular flexibility index (Phi) is 2.92. The van der Waals surface area contributed by atoms with Gasteiger partial charge < -0.3 is 11.1 Å². The number of aromatic nitrogens is 2. The summed E-state index contributed by atoms with van der Waals surface area (Å²) in [5, 5.41) is 3.38. The van der Waals surface area contributed by atoms with Crippen LogP contribution in [0.5, 0.6) is 0 Å². The lowest BCUT2D eigenvalue weighted by molar-refractivity contribution is 1.17. The highest BCUT2D eigenvalue weighted by Crippen LogP contribution is 2.26. The third kappa shape index (κ3) is 2.06. The average molecular weight is 235 g/mol. The molecule has 0 bridgehead atoms. The molecule has 0 radical (unpaired) electrons. The van der Waals surface area contributed by atoms with Crippen LogP contribution >= 0.6 is 11.6 Å². The summed E-state index contributed by atoms with van der Waals surface area (Å²) in [7, 11) is 0. The number of hydrogen-bond donors (Lipinski definition) is 2. The first-order valence-electron chi connectivity index (χ1n) is 4.77. The first-order chi connectivity index (χ1) is 7.68. The van der Waals surface area contributed by atoms with Gasteiger partial charge in [-0.15, -0.1) is 0 Å². The fraction of sp³-hybridized carbons (Fsp3) is 0.0909. The number of nitrogens with one attached hydrogen (secondary N) is 1. The Morgan fingerprint density at radius 2 is 2.00 bits per heavy atom. The Balaban J connectivity index is 2.35. The molecule has 16 heavy (non-hydrogen) atoms. The van der Waals surface area contributed by atoms with Gasteiger partial charge in [0.25, 0.3) is 0 Å². The van der Waals surface area contributed by atoms with Gasteiger partial charge in [0.15, 0.2) is 11.0 Å². The summed E-state index contributed by atoms with van der Waals surface area (Å²) in [6, 6.07) is 7.86. The van der Waals surface area contributed by atoms with Gasteiger partial charge in [-0.1, -0.05) is 29.8 Å². The highest BCUT2D eigenvalue weighted by molar-refractivity contribution is 6.32. The molecule has 0 aliphatic heterocycles. The maximum atomic E-state index is 5.80. The molecule has 82 valence electrons. The van der Waals surface area contributed by atoms with Crippen molar-refractivity contribution in [3.63, 3.8) is 0 Å². The Morgan fingerprint density at radius 3 is 2.75 bits per heavy atom. The quantitative estimate of drug-likeness (QED) is 0.785. The van der Waals surface area contributed by atoms with E-state index in [1.54, 1.807) is 0 Å². The number of hydrogen-bond acceptors (Lipinski definition) is 4. The number of anilines is 3. The number of halogens is 1. The van der Waals surface area contributed by atoms with Crippen molar-refractivity contribution < 1.29 is 0 Å². The van der Waals surface area contributed by atoms with E-state index in [1.165, 1.54) is 6.33 Å². The Bertz CT molecular complexity index is 513. The number of rotatable bonds is 2. The minimum absolute atomic E-state index is 0.256. The topological polar surface area (TPSA) is 63.8 Å². The zero-order valence-electron chi connectivity index (χ0n) is 8.74. The lowest BCUT2D eigenvalue weighted by atomic mass is 10.2. The van der Waals surface area contributed by atoms with E-state index in [9.17, 15) is 0 Å². The van der Waals surface area contributed by atoms with Gasteiger partial charge in [0.05, 0.1) is 0 Å². The molecule has 0 saturated heterocycles. The van der Waals surface area contributed by atoms with Crippen LogP contribution in [-0.2, 0) is 0 Å². The molecule has 0 spiro atoms. The number of benzene rings is 1. The zero-order valence-corrected chi connectivity index (χ0v) is 9.49. The highest BCUT2D eigenvalue weighted by Gasteiger charge is 2.06. The Labute approximate surface area is 98.5 Å². The monoisotopic (exact) mass is 234 g/mol. The largest absolute Gasteiger partial charge is 0.393 e. The minimum Gasteiger partial charge on any atom is -0.393 e. The van der Waals surface area contributed by atoms with Gasteiger partial charge in [-0.25, -0.2) is 9.97 Å². The van der Waals surface area contributed by atoms with Gasteiger partial charge in [0, 0.05) is 5.69 Å². The first kappa shape index (κ1) is 10.7. The van der Waals surface area contributed by atoms with E-state index in [0.29, 0.717) is 11.5 Å². The number of para-hydroxylation sites is 1. The summed E-state index contributed by atoms with van der Waals surface area (Å²) < 4.78 is 0. The van der Waals surface area contributed by atoms with E-state index in [0.717, 1.165) is 11.3 Å².